The molecule has 0 unspecified atom stereocenters. The van der Waals surface area contributed by atoms with Gasteiger partial charge >= 0.3 is 6.03 Å². The van der Waals surface area contributed by atoms with Crippen molar-refractivity contribution >= 4 is 45.7 Å². The molecule has 0 spiro atoms. The average Bonchev–Trinajstić information content (AvgIpc) is 3.57. The van der Waals surface area contributed by atoms with Crippen LogP contribution >= 0.6 is 11.6 Å². The zero-order valence-corrected chi connectivity index (χ0v) is 21.6. The van der Waals surface area contributed by atoms with Gasteiger partial charge in [0.1, 0.15) is 5.69 Å². The molecular formula is C28H27ClN8O. The molecule has 1 saturated heterocycles. The van der Waals surface area contributed by atoms with Crippen LogP contribution in [0.25, 0.3) is 28.2 Å². The van der Waals surface area contributed by atoms with Gasteiger partial charge < -0.3 is 25.4 Å². The number of nitrogens with zero attached hydrogens (tertiary/aromatic N) is 5. The highest BCUT2D eigenvalue weighted by Gasteiger charge is 2.16. The third-order valence-corrected chi connectivity index (χ3v) is 6.87. The molecule has 1 aliphatic heterocycles. The van der Waals surface area contributed by atoms with Crippen LogP contribution in [0.2, 0.25) is 5.02 Å². The van der Waals surface area contributed by atoms with Crippen molar-refractivity contribution in [3.05, 3.63) is 84.0 Å². The zero-order valence-electron chi connectivity index (χ0n) is 20.9. The van der Waals surface area contributed by atoms with E-state index in [4.69, 9.17) is 21.7 Å². The SMILES string of the molecule is CN1CCN(c2ccc3[nH]c(-c4ccn(-c5ccc(NC(=O)Nc6cccc(Cl)c6)cc5)n4)nc3c2)CC1. The number of carbonyl (C=O) groups is 1. The summed E-state index contributed by atoms with van der Waals surface area (Å²) in [6.45, 7) is 4.16. The second kappa shape index (κ2) is 10.2. The number of aromatic amines is 1. The number of aromatic nitrogens is 4. The number of piperazine rings is 1. The van der Waals surface area contributed by atoms with Crippen LogP contribution in [0.4, 0.5) is 21.9 Å². The number of halogens is 1. The quantitative estimate of drug-likeness (QED) is 0.282. The van der Waals surface area contributed by atoms with Crippen LogP contribution in [-0.2, 0) is 0 Å². The Kier molecular flexibility index (Phi) is 6.45. The van der Waals surface area contributed by atoms with Crippen LogP contribution in [0.3, 0.4) is 0 Å². The number of carbonyl (C=O) groups excluding carboxylic acids is 1. The van der Waals surface area contributed by atoms with Crippen LogP contribution in [0.1, 0.15) is 0 Å². The van der Waals surface area contributed by atoms with E-state index in [1.165, 1.54) is 5.69 Å². The molecule has 1 aliphatic rings. The normalized spacial score (nSPS) is 14.1. The highest BCUT2D eigenvalue weighted by Crippen LogP contribution is 2.25. The summed E-state index contributed by atoms with van der Waals surface area (Å²) in [6.07, 6.45) is 1.90. The fraction of sp³-hybridized carbons (Fsp3) is 0.179. The Morgan fingerprint density at radius 1 is 0.895 bits per heavy atom. The first-order valence-corrected chi connectivity index (χ1v) is 12.8. The van der Waals surface area contributed by atoms with E-state index >= 15 is 0 Å². The molecule has 38 heavy (non-hydrogen) atoms. The average molecular weight is 527 g/mol. The number of hydrogen-bond acceptors (Lipinski definition) is 5. The smallest absolute Gasteiger partial charge is 0.323 e. The van der Waals surface area contributed by atoms with E-state index in [9.17, 15) is 4.79 Å². The van der Waals surface area contributed by atoms with Gasteiger partial charge in [-0.3, -0.25) is 0 Å². The molecule has 2 aromatic heterocycles. The number of likely N-dealkylation sites (N-methyl/N-ethyl adjacent to an activating group) is 1. The molecule has 0 atom stereocenters. The van der Waals surface area contributed by atoms with E-state index in [-0.39, 0.29) is 6.03 Å². The summed E-state index contributed by atoms with van der Waals surface area (Å²) in [7, 11) is 2.16. The molecule has 3 N–H and O–H groups in total. The maximum absolute atomic E-state index is 12.3. The van der Waals surface area contributed by atoms with E-state index in [1.807, 2.05) is 36.5 Å². The van der Waals surface area contributed by atoms with Crippen molar-refractivity contribution in [3.8, 4) is 17.2 Å². The van der Waals surface area contributed by atoms with E-state index in [0.717, 1.165) is 54.4 Å². The number of benzene rings is 3. The molecule has 3 aromatic carbocycles. The Morgan fingerprint density at radius 3 is 2.45 bits per heavy atom. The molecule has 3 heterocycles. The predicted molar refractivity (Wildman–Crippen MR) is 152 cm³/mol. The fourth-order valence-corrected chi connectivity index (χ4v) is 4.72. The number of amides is 2. The van der Waals surface area contributed by atoms with Crippen molar-refractivity contribution in [1.82, 2.24) is 24.6 Å². The molecule has 9 nitrogen and oxygen atoms in total. The van der Waals surface area contributed by atoms with Crippen LogP contribution in [0.15, 0.2) is 79.0 Å². The van der Waals surface area contributed by atoms with Crippen LogP contribution in [0, 0.1) is 0 Å². The first kappa shape index (κ1) is 24.0. The number of nitrogens with one attached hydrogen (secondary N) is 3. The van der Waals surface area contributed by atoms with Crippen molar-refractivity contribution in [2.75, 3.05) is 48.8 Å². The largest absolute Gasteiger partial charge is 0.369 e. The Hall–Kier alpha value is -4.34. The molecule has 2 amide bonds. The highest BCUT2D eigenvalue weighted by atomic mass is 35.5. The van der Waals surface area contributed by atoms with Crippen molar-refractivity contribution in [2.24, 2.45) is 0 Å². The zero-order chi connectivity index (χ0) is 26.1. The molecule has 0 bridgehead atoms. The number of urea groups is 1. The summed E-state index contributed by atoms with van der Waals surface area (Å²) >= 11 is 5.98. The van der Waals surface area contributed by atoms with Crippen LogP contribution < -0.4 is 15.5 Å². The fourth-order valence-electron chi connectivity index (χ4n) is 4.53. The topological polar surface area (TPSA) is 94.1 Å². The van der Waals surface area contributed by atoms with Gasteiger partial charge in [0.15, 0.2) is 5.82 Å². The van der Waals surface area contributed by atoms with Gasteiger partial charge in [-0.2, -0.15) is 5.10 Å². The van der Waals surface area contributed by atoms with Gasteiger partial charge in [0.25, 0.3) is 0 Å². The summed E-state index contributed by atoms with van der Waals surface area (Å²) in [6, 6.07) is 22.4. The number of imidazole rings is 1. The van der Waals surface area contributed by atoms with E-state index in [1.54, 1.807) is 28.9 Å². The number of fused-ring (bicyclic) bond motifs is 1. The molecule has 1 fully saturated rings. The Bertz CT molecular complexity index is 1580. The lowest BCUT2D eigenvalue weighted by Crippen LogP contribution is -2.44. The third kappa shape index (κ3) is 5.20. The standard InChI is InChI=1S/C28H27ClN8O/c1-35-13-15-36(16-14-35)23-9-10-24-26(18-23)33-27(32-24)25-11-12-37(34-25)22-7-5-20(6-8-22)30-28(38)31-21-4-2-3-19(29)17-21/h2-12,17-18H,13-16H2,1H3,(H,32,33)(H2,30,31,38). The van der Waals surface area contributed by atoms with Gasteiger partial charge in [-0.15, -0.1) is 0 Å². The first-order valence-electron chi connectivity index (χ1n) is 12.4. The van der Waals surface area contributed by atoms with E-state index in [0.29, 0.717) is 16.4 Å². The number of H-pyrrole nitrogens is 1. The predicted octanol–water partition coefficient (Wildman–Crippen LogP) is 5.46. The Morgan fingerprint density at radius 2 is 1.66 bits per heavy atom. The summed E-state index contributed by atoms with van der Waals surface area (Å²) in [5.41, 5.74) is 6.02. The molecule has 0 saturated carbocycles. The second-order valence-corrected chi connectivity index (χ2v) is 9.80. The molecule has 5 aromatic rings. The lowest BCUT2D eigenvalue weighted by atomic mass is 10.2. The number of hydrogen-bond donors (Lipinski definition) is 3. The second-order valence-electron chi connectivity index (χ2n) is 9.36. The molecule has 6 rings (SSSR count). The van der Waals surface area contributed by atoms with Gasteiger partial charge in [-0.1, -0.05) is 17.7 Å². The molecular weight excluding hydrogens is 500 g/mol. The maximum atomic E-state index is 12.3. The minimum absolute atomic E-state index is 0.345. The number of rotatable bonds is 5. The lowest BCUT2D eigenvalue weighted by molar-refractivity contribution is 0.262. The summed E-state index contributed by atoms with van der Waals surface area (Å²) < 4.78 is 1.79. The minimum Gasteiger partial charge on any atom is -0.369 e. The van der Waals surface area contributed by atoms with E-state index in [2.05, 4.69) is 50.7 Å². The van der Waals surface area contributed by atoms with E-state index < -0.39 is 0 Å². The Balaban J connectivity index is 1.13. The highest BCUT2D eigenvalue weighted by molar-refractivity contribution is 6.30. The van der Waals surface area contributed by atoms with Gasteiger partial charge in [-0.25, -0.2) is 14.5 Å². The number of anilines is 3. The molecule has 0 radical (unpaired) electrons. The minimum atomic E-state index is -0.345. The summed E-state index contributed by atoms with van der Waals surface area (Å²) in [5, 5.41) is 10.9. The summed E-state index contributed by atoms with van der Waals surface area (Å²) in [4.78, 5) is 25.3. The summed E-state index contributed by atoms with van der Waals surface area (Å²) in [5.74, 6) is 0.727. The third-order valence-electron chi connectivity index (χ3n) is 6.64. The maximum Gasteiger partial charge on any atom is 0.323 e. The van der Waals surface area contributed by atoms with Gasteiger partial charge in [-0.05, 0) is 73.8 Å². The van der Waals surface area contributed by atoms with Gasteiger partial charge in [0.05, 0.1) is 16.7 Å². The Labute approximate surface area is 225 Å². The van der Waals surface area contributed by atoms with Gasteiger partial charge in [0.2, 0.25) is 0 Å². The van der Waals surface area contributed by atoms with Crippen LogP contribution in [-0.4, -0.2) is 63.9 Å². The lowest BCUT2D eigenvalue weighted by Gasteiger charge is -2.34. The van der Waals surface area contributed by atoms with Gasteiger partial charge in [0, 0.05) is 54.5 Å². The van der Waals surface area contributed by atoms with Crippen molar-refractivity contribution in [1.29, 1.82) is 0 Å². The van der Waals surface area contributed by atoms with Crippen molar-refractivity contribution in [3.63, 3.8) is 0 Å². The first-order chi connectivity index (χ1) is 18.5. The monoisotopic (exact) mass is 526 g/mol. The molecule has 10 heteroatoms. The van der Waals surface area contributed by atoms with Crippen molar-refractivity contribution in [2.45, 2.75) is 0 Å². The van der Waals surface area contributed by atoms with Crippen molar-refractivity contribution < 1.29 is 4.79 Å². The molecule has 0 aliphatic carbocycles. The van der Waals surface area contributed by atoms with Crippen LogP contribution in [0.5, 0.6) is 0 Å². The molecule has 192 valence electrons.